The summed E-state index contributed by atoms with van der Waals surface area (Å²) >= 11 is 0. The van der Waals surface area contributed by atoms with Crippen LogP contribution in [0.25, 0.3) is 0 Å². The van der Waals surface area contributed by atoms with E-state index in [9.17, 15) is 0 Å². The number of aromatic nitrogens is 2. The Kier molecular flexibility index (Phi) is 3.31. The highest BCUT2D eigenvalue weighted by Crippen LogP contribution is 2.36. The van der Waals surface area contributed by atoms with Gasteiger partial charge in [0.1, 0.15) is 5.82 Å². The van der Waals surface area contributed by atoms with Crippen molar-refractivity contribution in [1.82, 2.24) is 14.9 Å². The van der Waals surface area contributed by atoms with Crippen LogP contribution in [0.3, 0.4) is 0 Å². The minimum atomic E-state index is 0.316. The standard InChI is InChI=1S/C14H23N5/c1-2-5-19-6-3-4-9-7-11-10(8-12(9)19)13(15)18-14(16)17-11/h9,12H,2-8H2,1H3,(H4,15,16,17,18)/t9-,12-/m1/s1. The van der Waals surface area contributed by atoms with Crippen molar-refractivity contribution in [3.63, 3.8) is 0 Å². The first-order valence-electron chi connectivity index (χ1n) is 7.33. The minimum absolute atomic E-state index is 0.316. The first kappa shape index (κ1) is 12.7. The molecule has 0 unspecified atom stereocenters. The van der Waals surface area contributed by atoms with Crippen molar-refractivity contribution in [3.05, 3.63) is 11.3 Å². The smallest absolute Gasteiger partial charge is 0.222 e. The monoisotopic (exact) mass is 261 g/mol. The lowest BCUT2D eigenvalue weighted by atomic mass is 9.77. The van der Waals surface area contributed by atoms with Crippen molar-refractivity contribution in [3.8, 4) is 0 Å². The molecule has 2 heterocycles. The van der Waals surface area contributed by atoms with Crippen molar-refractivity contribution in [2.45, 2.75) is 45.1 Å². The van der Waals surface area contributed by atoms with Gasteiger partial charge in [0.2, 0.25) is 5.95 Å². The van der Waals surface area contributed by atoms with Gasteiger partial charge in [-0.1, -0.05) is 6.92 Å². The van der Waals surface area contributed by atoms with Gasteiger partial charge in [0.15, 0.2) is 0 Å². The van der Waals surface area contributed by atoms with E-state index >= 15 is 0 Å². The molecule has 0 spiro atoms. The van der Waals surface area contributed by atoms with Gasteiger partial charge >= 0.3 is 0 Å². The van der Waals surface area contributed by atoms with Gasteiger partial charge < -0.3 is 11.5 Å². The molecule has 1 fully saturated rings. The normalized spacial score (nSPS) is 26.8. The lowest BCUT2D eigenvalue weighted by Gasteiger charge is -2.44. The first-order valence-corrected chi connectivity index (χ1v) is 7.33. The second-order valence-electron chi connectivity index (χ2n) is 5.81. The topological polar surface area (TPSA) is 81.1 Å². The summed E-state index contributed by atoms with van der Waals surface area (Å²) in [5.74, 6) is 1.61. The molecule has 4 N–H and O–H groups in total. The number of nitrogens with zero attached hydrogens (tertiary/aromatic N) is 3. The molecule has 19 heavy (non-hydrogen) atoms. The third kappa shape index (κ3) is 2.27. The van der Waals surface area contributed by atoms with Crippen LogP contribution in [0.5, 0.6) is 0 Å². The zero-order valence-electron chi connectivity index (χ0n) is 11.6. The Hall–Kier alpha value is -1.36. The summed E-state index contributed by atoms with van der Waals surface area (Å²) in [7, 11) is 0. The quantitative estimate of drug-likeness (QED) is 0.837. The zero-order chi connectivity index (χ0) is 13.4. The first-order chi connectivity index (χ1) is 9.19. The number of hydrogen-bond donors (Lipinski definition) is 2. The number of nitrogen functional groups attached to an aromatic ring is 2. The second kappa shape index (κ2) is 4.96. The highest BCUT2D eigenvalue weighted by atomic mass is 15.2. The highest BCUT2D eigenvalue weighted by molar-refractivity contribution is 5.47. The number of nitrogens with two attached hydrogens (primary N) is 2. The zero-order valence-corrected chi connectivity index (χ0v) is 11.6. The third-order valence-corrected chi connectivity index (χ3v) is 4.56. The summed E-state index contributed by atoms with van der Waals surface area (Å²) in [5, 5.41) is 0. The van der Waals surface area contributed by atoms with Gasteiger partial charge in [0, 0.05) is 11.6 Å². The van der Waals surface area contributed by atoms with Crippen LogP contribution in [0, 0.1) is 5.92 Å². The van der Waals surface area contributed by atoms with Gasteiger partial charge in [-0.3, -0.25) is 4.90 Å². The van der Waals surface area contributed by atoms with E-state index in [4.69, 9.17) is 11.5 Å². The van der Waals surface area contributed by atoms with Gasteiger partial charge in [-0.05, 0) is 51.1 Å². The fourth-order valence-electron chi connectivity index (χ4n) is 3.73. The van der Waals surface area contributed by atoms with Crippen LogP contribution >= 0.6 is 0 Å². The highest BCUT2D eigenvalue weighted by Gasteiger charge is 2.36. The van der Waals surface area contributed by atoms with E-state index in [1.165, 1.54) is 32.4 Å². The van der Waals surface area contributed by atoms with E-state index in [-0.39, 0.29) is 0 Å². The summed E-state index contributed by atoms with van der Waals surface area (Å²) in [4.78, 5) is 11.2. The molecule has 5 heteroatoms. The van der Waals surface area contributed by atoms with Gasteiger partial charge in [-0.25, -0.2) is 4.98 Å². The number of hydrogen-bond acceptors (Lipinski definition) is 5. The summed E-state index contributed by atoms with van der Waals surface area (Å²) < 4.78 is 0. The van der Waals surface area contributed by atoms with Gasteiger partial charge in [-0.15, -0.1) is 0 Å². The van der Waals surface area contributed by atoms with E-state index in [0.717, 1.165) is 24.1 Å². The molecular formula is C14H23N5. The maximum Gasteiger partial charge on any atom is 0.222 e. The van der Waals surface area contributed by atoms with Crippen LogP contribution in [0.15, 0.2) is 0 Å². The molecule has 3 rings (SSSR count). The second-order valence-corrected chi connectivity index (χ2v) is 5.81. The number of anilines is 2. The molecule has 0 aromatic carbocycles. The fraction of sp³-hybridized carbons (Fsp3) is 0.714. The van der Waals surface area contributed by atoms with Gasteiger partial charge in [0.05, 0.1) is 5.69 Å². The summed E-state index contributed by atoms with van der Waals surface area (Å²) in [6.45, 7) is 4.66. The summed E-state index contributed by atoms with van der Waals surface area (Å²) in [6.07, 6.45) is 5.81. The average molecular weight is 261 g/mol. The molecule has 0 amide bonds. The number of likely N-dealkylation sites (tertiary alicyclic amines) is 1. The van der Waals surface area contributed by atoms with Crippen LogP contribution < -0.4 is 11.5 Å². The Morgan fingerprint density at radius 1 is 1.26 bits per heavy atom. The number of piperidine rings is 1. The average Bonchev–Trinajstić information content (AvgIpc) is 2.37. The Balaban J connectivity index is 1.91. The van der Waals surface area contributed by atoms with E-state index in [1.807, 2.05) is 0 Å². The lowest BCUT2D eigenvalue weighted by Crippen LogP contribution is -2.49. The molecule has 5 nitrogen and oxygen atoms in total. The molecule has 1 aliphatic heterocycles. The largest absolute Gasteiger partial charge is 0.383 e. The predicted octanol–water partition coefficient (Wildman–Crippen LogP) is 1.23. The SMILES string of the molecule is CCCN1CCC[C@@H]2Cc3nc(N)nc(N)c3C[C@H]21. The molecular weight excluding hydrogens is 238 g/mol. The van der Waals surface area contributed by atoms with Crippen molar-refractivity contribution in [2.75, 3.05) is 24.6 Å². The Morgan fingerprint density at radius 3 is 2.89 bits per heavy atom. The third-order valence-electron chi connectivity index (χ3n) is 4.56. The molecule has 1 aromatic heterocycles. The van der Waals surface area contributed by atoms with Gasteiger partial charge in [0.25, 0.3) is 0 Å². The number of rotatable bonds is 2. The predicted molar refractivity (Wildman–Crippen MR) is 76.6 cm³/mol. The molecule has 0 saturated carbocycles. The van der Waals surface area contributed by atoms with E-state index < -0.39 is 0 Å². The maximum atomic E-state index is 6.03. The Morgan fingerprint density at radius 2 is 2.11 bits per heavy atom. The van der Waals surface area contributed by atoms with E-state index in [0.29, 0.717) is 23.7 Å². The fourth-order valence-corrected chi connectivity index (χ4v) is 3.73. The molecule has 104 valence electrons. The molecule has 2 atom stereocenters. The Labute approximate surface area is 114 Å². The molecule has 0 radical (unpaired) electrons. The van der Waals surface area contributed by atoms with Crippen LogP contribution in [-0.2, 0) is 12.8 Å². The van der Waals surface area contributed by atoms with Gasteiger partial charge in [-0.2, -0.15) is 4.98 Å². The molecule has 1 saturated heterocycles. The van der Waals surface area contributed by atoms with E-state index in [2.05, 4.69) is 21.8 Å². The van der Waals surface area contributed by atoms with Crippen LogP contribution in [0.1, 0.15) is 37.4 Å². The van der Waals surface area contributed by atoms with Crippen LogP contribution in [-0.4, -0.2) is 34.0 Å². The lowest BCUT2D eigenvalue weighted by molar-refractivity contribution is 0.0847. The molecule has 1 aliphatic carbocycles. The van der Waals surface area contributed by atoms with E-state index in [1.54, 1.807) is 0 Å². The summed E-state index contributed by atoms with van der Waals surface area (Å²) in [6, 6.07) is 0.621. The van der Waals surface area contributed by atoms with Crippen LogP contribution in [0.4, 0.5) is 11.8 Å². The summed E-state index contributed by atoms with van der Waals surface area (Å²) in [5.41, 5.74) is 14.0. The minimum Gasteiger partial charge on any atom is -0.383 e. The Bertz CT molecular complexity index is 471. The molecule has 0 bridgehead atoms. The maximum absolute atomic E-state index is 6.03. The molecule has 2 aliphatic rings. The molecule has 1 aromatic rings. The van der Waals surface area contributed by atoms with Crippen molar-refractivity contribution in [2.24, 2.45) is 5.92 Å². The van der Waals surface area contributed by atoms with Crippen molar-refractivity contribution in [1.29, 1.82) is 0 Å². The number of fused-ring (bicyclic) bond motifs is 2. The van der Waals surface area contributed by atoms with Crippen LogP contribution in [0.2, 0.25) is 0 Å². The van der Waals surface area contributed by atoms with Crippen molar-refractivity contribution >= 4 is 11.8 Å². The van der Waals surface area contributed by atoms with Crippen molar-refractivity contribution < 1.29 is 0 Å².